The van der Waals surface area contributed by atoms with E-state index in [0.29, 0.717) is 44.6 Å². The summed E-state index contributed by atoms with van der Waals surface area (Å²) >= 11 is 0. The standard InChI is InChI=1S/C37H41NO6/c39-33-25-35(43-26-28-17-19-30(20-18-28)29-11-5-3-6-12-29)32(37(33)38-21-23-42-24-22-38)15-9-1-2-10-16-36(41)44-27-34(40)31-13-7-4-8-14-31/h1,3-9,11-14,17-20,32,35,37H,2,10,15-16,21-27H2/b9-1-/t32?,35-,37+/m0/s1. The van der Waals surface area contributed by atoms with E-state index >= 15 is 0 Å². The highest BCUT2D eigenvalue weighted by molar-refractivity contribution is 5.97. The Morgan fingerprint density at radius 3 is 2.27 bits per heavy atom. The molecular weight excluding hydrogens is 554 g/mol. The Morgan fingerprint density at radius 2 is 1.55 bits per heavy atom. The first-order valence-electron chi connectivity index (χ1n) is 15.6. The van der Waals surface area contributed by atoms with Crippen LogP contribution in [0, 0.1) is 5.92 Å². The molecule has 0 bridgehead atoms. The second-order valence-corrected chi connectivity index (χ2v) is 11.4. The van der Waals surface area contributed by atoms with Gasteiger partial charge in [-0.25, -0.2) is 0 Å². The molecular formula is C37H41NO6. The van der Waals surface area contributed by atoms with E-state index in [-0.39, 0.29) is 48.6 Å². The molecule has 1 aliphatic heterocycles. The molecule has 7 nitrogen and oxygen atoms in total. The monoisotopic (exact) mass is 595 g/mol. The van der Waals surface area contributed by atoms with Crippen molar-refractivity contribution in [1.82, 2.24) is 4.90 Å². The van der Waals surface area contributed by atoms with Crippen molar-refractivity contribution < 1.29 is 28.6 Å². The fourth-order valence-corrected chi connectivity index (χ4v) is 5.99. The van der Waals surface area contributed by atoms with Crippen molar-refractivity contribution >= 4 is 17.5 Å². The quantitative estimate of drug-likeness (QED) is 0.0968. The van der Waals surface area contributed by atoms with Crippen LogP contribution in [0.3, 0.4) is 0 Å². The molecule has 7 heteroatoms. The van der Waals surface area contributed by atoms with Crippen LogP contribution in [0.5, 0.6) is 0 Å². The number of ether oxygens (including phenoxy) is 3. The number of esters is 1. The van der Waals surface area contributed by atoms with Crippen LogP contribution in [0.15, 0.2) is 97.1 Å². The van der Waals surface area contributed by atoms with Crippen LogP contribution in [0.4, 0.5) is 0 Å². The van der Waals surface area contributed by atoms with Crippen molar-refractivity contribution in [3.8, 4) is 11.1 Å². The molecule has 0 amide bonds. The molecule has 3 aromatic rings. The lowest BCUT2D eigenvalue weighted by Gasteiger charge is -2.35. The van der Waals surface area contributed by atoms with Gasteiger partial charge < -0.3 is 14.2 Å². The van der Waals surface area contributed by atoms with Crippen LogP contribution in [-0.4, -0.2) is 67.5 Å². The van der Waals surface area contributed by atoms with E-state index in [1.807, 2.05) is 24.3 Å². The van der Waals surface area contributed by atoms with Gasteiger partial charge in [0.2, 0.25) is 0 Å². The van der Waals surface area contributed by atoms with Gasteiger partial charge in [0.15, 0.2) is 18.2 Å². The lowest BCUT2D eigenvalue weighted by Crippen LogP contribution is -2.49. The summed E-state index contributed by atoms with van der Waals surface area (Å²) in [6.07, 6.45) is 6.75. The molecule has 1 saturated heterocycles. The number of allylic oxidation sites excluding steroid dienone is 2. The predicted octanol–water partition coefficient (Wildman–Crippen LogP) is 6.07. The van der Waals surface area contributed by atoms with E-state index in [4.69, 9.17) is 14.2 Å². The molecule has 230 valence electrons. The molecule has 1 unspecified atom stereocenters. The van der Waals surface area contributed by atoms with Gasteiger partial charge in [0, 0.05) is 37.4 Å². The van der Waals surface area contributed by atoms with Gasteiger partial charge in [-0.15, -0.1) is 0 Å². The van der Waals surface area contributed by atoms with Crippen LogP contribution in [0.2, 0.25) is 0 Å². The number of nitrogens with zero attached hydrogens (tertiary/aromatic N) is 1. The zero-order chi connectivity index (χ0) is 30.6. The second-order valence-electron chi connectivity index (χ2n) is 11.4. The summed E-state index contributed by atoms with van der Waals surface area (Å²) in [5.41, 5.74) is 3.96. The van der Waals surface area contributed by atoms with Gasteiger partial charge in [-0.05, 0) is 36.0 Å². The highest BCUT2D eigenvalue weighted by Gasteiger charge is 2.45. The number of rotatable bonds is 14. The summed E-state index contributed by atoms with van der Waals surface area (Å²) in [5.74, 6) is -0.292. The summed E-state index contributed by atoms with van der Waals surface area (Å²) < 4.78 is 17.1. The highest BCUT2D eigenvalue weighted by Crippen LogP contribution is 2.34. The van der Waals surface area contributed by atoms with Crippen LogP contribution < -0.4 is 0 Å². The summed E-state index contributed by atoms with van der Waals surface area (Å²) in [6, 6.07) is 27.3. The average molecular weight is 596 g/mol. The minimum Gasteiger partial charge on any atom is -0.457 e. The number of unbranched alkanes of at least 4 members (excludes halogenated alkanes) is 1. The fourth-order valence-electron chi connectivity index (χ4n) is 5.99. The number of benzene rings is 3. The first kappa shape index (κ1) is 31.5. The first-order chi connectivity index (χ1) is 21.6. The Bertz CT molecular complexity index is 1380. The molecule has 1 saturated carbocycles. The molecule has 0 spiro atoms. The Balaban J connectivity index is 1.11. The van der Waals surface area contributed by atoms with Crippen LogP contribution in [0.1, 0.15) is 48.0 Å². The van der Waals surface area contributed by atoms with Gasteiger partial charge >= 0.3 is 5.97 Å². The van der Waals surface area contributed by atoms with Crippen molar-refractivity contribution in [2.45, 2.75) is 50.9 Å². The maximum Gasteiger partial charge on any atom is 0.306 e. The summed E-state index contributed by atoms with van der Waals surface area (Å²) in [5, 5.41) is 0. The van der Waals surface area contributed by atoms with Gasteiger partial charge in [-0.1, -0.05) is 97.1 Å². The average Bonchev–Trinajstić information content (AvgIpc) is 3.39. The van der Waals surface area contributed by atoms with Crippen LogP contribution in [0.25, 0.3) is 11.1 Å². The Labute approximate surface area is 259 Å². The van der Waals surface area contributed by atoms with E-state index in [1.165, 1.54) is 5.56 Å². The summed E-state index contributed by atoms with van der Waals surface area (Å²) in [4.78, 5) is 39.8. The van der Waals surface area contributed by atoms with Gasteiger partial charge in [0.05, 0.1) is 32.0 Å². The normalized spacial score (nSPS) is 20.6. The molecule has 3 aromatic carbocycles. The molecule has 2 aliphatic rings. The molecule has 44 heavy (non-hydrogen) atoms. The van der Waals surface area contributed by atoms with Gasteiger partial charge in [0.25, 0.3) is 0 Å². The molecule has 5 rings (SSSR count). The van der Waals surface area contributed by atoms with E-state index in [2.05, 4.69) is 53.5 Å². The third-order valence-electron chi connectivity index (χ3n) is 8.37. The fraction of sp³-hybridized carbons (Fsp3) is 0.378. The molecule has 1 heterocycles. The van der Waals surface area contributed by atoms with Gasteiger partial charge in [0.1, 0.15) is 0 Å². The zero-order valence-electron chi connectivity index (χ0n) is 25.1. The molecule has 1 aliphatic carbocycles. The van der Waals surface area contributed by atoms with Crippen LogP contribution >= 0.6 is 0 Å². The number of carbonyl (C=O) groups excluding carboxylic acids is 3. The Hall–Kier alpha value is -3.91. The summed E-state index contributed by atoms with van der Waals surface area (Å²) in [6.45, 7) is 2.99. The van der Waals surface area contributed by atoms with E-state index in [9.17, 15) is 14.4 Å². The zero-order valence-corrected chi connectivity index (χ0v) is 25.1. The SMILES string of the molecule is O=C(CCC/C=C\CC1[C@@H](OCc2ccc(-c3ccccc3)cc2)CC(=O)[C@@H]1N1CCOCC1)OCC(=O)c1ccccc1. The third-order valence-corrected chi connectivity index (χ3v) is 8.37. The molecule has 0 aromatic heterocycles. The van der Waals surface area contributed by atoms with Crippen molar-refractivity contribution in [2.75, 3.05) is 32.9 Å². The molecule has 0 radical (unpaired) electrons. The number of Topliss-reactive ketones (excluding diaryl/α,β-unsaturated/α-hetero) is 2. The number of carbonyl (C=O) groups is 3. The van der Waals surface area contributed by atoms with Crippen molar-refractivity contribution in [3.05, 3.63) is 108 Å². The van der Waals surface area contributed by atoms with Crippen molar-refractivity contribution in [2.24, 2.45) is 5.92 Å². The number of morpholine rings is 1. The number of hydrogen-bond donors (Lipinski definition) is 0. The van der Waals surface area contributed by atoms with E-state index in [0.717, 1.165) is 30.6 Å². The van der Waals surface area contributed by atoms with Gasteiger partial charge in [-0.3, -0.25) is 19.3 Å². The van der Waals surface area contributed by atoms with Gasteiger partial charge in [-0.2, -0.15) is 0 Å². The molecule has 3 atom stereocenters. The van der Waals surface area contributed by atoms with Crippen molar-refractivity contribution in [1.29, 1.82) is 0 Å². The molecule has 2 fully saturated rings. The third kappa shape index (κ3) is 8.82. The molecule has 0 N–H and O–H groups in total. The number of hydrogen-bond acceptors (Lipinski definition) is 7. The minimum atomic E-state index is -0.373. The maximum atomic E-state index is 13.3. The first-order valence-corrected chi connectivity index (χ1v) is 15.6. The minimum absolute atomic E-state index is 0.0504. The highest BCUT2D eigenvalue weighted by atomic mass is 16.5. The number of ketones is 2. The van der Waals surface area contributed by atoms with Crippen molar-refractivity contribution in [3.63, 3.8) is 0 Å². The predicted molar refractivity (Wildman–Crippen MR) is 169 cm³/mol. The largest absolute Gasteiger partial charge is 0.457 e. The lowest BCUT2D eigenvalue weighted by atomic mass is 9.95. The Kier molecular flexibility index (Phi) is 11.6. The summed E-state index contributed by atoms with van der Waals surface area (Å²) in [7, 11) is 0. The lowest BCUT2D eigenvalue weighted by molar-refractivity contribution is -0.142. The van der Waals surface area contributed by atoms with E-state index < -0.39 is 0 Å². The second kappa shape index (κ2) is 16.2. The Morgan fingerprint density at radius 1 is 0.864 bits per heavy atom. The smallest absolute Gasteiger partial charge is 0.306 e. The van der Waals surface area contributed by atoms with E-state index in [1.54, 1.807) is 24.3 Å². The van der Waals surface area contributed by atoms with Crippen LogP contribution in [-0.2, 0) is 30.4 Å². The topological polar surface area (TPSA) is 82.1 Å². The maximum absolute atomic E-state index is 13.3.